The van der Waals surface area contributed by atoms with E-state index in [4.69, 9.17) is 5.73 Å². The average Bonchev–Trinajstić information content (AvgIpc) is 2.40. The number of sulfonamides is 1. The normalized spacial score (nSPS) is 11.6. The highest BCUT2D eigenvalue weighted by atomic mass is 79.9. The number of hydrogen-bond donors (Lipinski definition) is 1. The third kappa shape index (κ3) is 4.19. The Balaban J connectivity index is 2.82. The van der Waals surface area contributed by atoms with Gasteiger partial charge in [0.15, 0.2) is 0 Å². The second-order valence-electron chi connectivity index (χ2n) is 4.20. The van der Waals surface area contributed by atoms with Gasteiger partial charge in [0, 0.05) is 30.2 Å². The van der Waals surface area contributed by atoms with Crippen LogP contribution in [-0.2, 0) is 19.6 Å². The highest BCUT2D eigenvalue weighted by Crippen LogP contribution is 2.26. The first-order valence-electron chi connectivity index (χ1n) is 5.87. The van der Waals surface area contributed by atoms with Crippen LogP contribution in [0.4, 0.5) is 5.69 Å². The quantitative estimate of drug-likeness (QED) is 0.611. The van der Waals surface area contributed by atoms with E-state index in [1.807, 2.05) is 0 Å². The predicted molar refractivity (Wildman–Crippen MR) is 79.6 cm³/mol. The number of methoxy groups -OCH3 is 1. The van der Waals surface area contributed by atoms with E-state index >= 15 is 0 Å². The molecule has 0 fully saturated rings. The zero-order valence-electron chi connectivity index (χ0n) is 11.3. The summed E-state index contributed by atoms with van der Waals surface area (Å²) in [5.41, 5.74) is 5.99. The molecule has 20 heavy (non-hydrogen) atoms. The van der Waals surface area contributed by atoms with E-state index in [9.17, 15) is 13.2 Å². The van der Waals surface area contributed by atoms with Gasteiger partial charge in [-0.1, -0.05) is 0 Å². The molecule has 0 saturated carbocycles. The Bertz CT molecular complexity index is 589. The zero-order chi connectivity index (χ0) is 15.3. The molecule has 0 saturated heterocycles. The number of anilines is 1. The van der Waals surface area contributed by atoms with Crippen molar-refractivity contribution < 1.29 is 17.9 Å². The van der Waals surface area contributed by atoms with E-state index in [1.165, 1.54) is 24.5 Å². The number of rotatable bonds is 6. The molecule has 6 nitrogen and oxygen atoms in total. The van der Waals surface area contributed by atoms with E-state index in [0.717, 1.165) is 0 Å². The van der Waals surface area contributed by atoms with Gasteiger partial charge in [0.1, 0.15) is 0 Å². The summed E-state index contributed by atoms with van der Waals surface area (Å²) in [5, 5.41) is 0. The van der Waals surface area contributed by atoms with Crippen LogP contribution < -0.4 is 5.73 Å². The van der Waals surface area contributed by atoms with Crippen LogP contribution in [0.2, 0.25) is 0 Å². The molecule has 1 aromatic carbocycles. The number of hydrogen-bond acceptors (Lipinski definition) is 5. The predicted octanol–water partition coefficient (Wildman–Crippen LogP) is 1.60. The molecule has 112 valence electrons. The Labute approximate surface area is 127 Å². The first kappa shape index (κ1) is 16.9. The topological polar surface area (TPSA) is 89.7 Å². The molecule has 0 unspecified atom stereocenters. The van der Waals surface area contributed by atoms with E-state index in [-0.39, 0.29) is 23.8 Å². The van der Waals surface area contributed by atoms with Crippen molar-refractivity contribution in [3.8, 4) is 0 Å². The molecule has 8 heteroatoms. The van der Waals surface area contributed by atoms with Crippen molar-refractivity contribution in [3.05, 3.63) is 22.7 Å². The molecule has 2 N–H and O–H groups in total. The smallest absolute Gasteiger partial charge is 0.305 e. The van der Waals surface area contributed by atoms with Gasteiger partial charge in [-0.15, -0.1) is 0 Å². The number of nitrogen functional groups attached to an aromatic ring is 1. The van der Waals surface area contributed by atoms with Crippen LogP contribution in [0.1, 0.15) is 12.8 Å². The van der Waals surface area contributed by atoms with Gasteiger partial charge in [-0.05, 0) is 40.5 Å². The van der Waals surface area contributed by atoms with Gasteiger partial charge >= 0.3 is 5.97 Å². The van der Waals surface area contributed by atoms with E-state index in [0.29, 0.717) is 16.6 Å². The number of nitrogens with two attached hydrogens (primary N) is 1. The summed E-state index contributed by atoms with van der Waals surface area (Å²) in [4.78, 5) is 11.1. The summed E-state index contributed by atoms with van der Waals surface area (Å²) in [7, 11) is -0.884. The first-order chi connectivity index (χ1) is 9.28. The van der Waals surface area contributed by atoms with Gasteiger partial charge in [0.2, 0.25) is 10.0 Å². The summed E-state index contributed by atoms with van der Waals surface area (Å²) in [6.07, 6.45) is 0.566. The minimum atomic E-state index is -3.64. The third-order valence-corrected chi connectivity index (χ3v) is 5.58. The van der Waals surface area contributed by atoms with Crippen molar-refractivity contribution in [1.29, 1.82) is 0 Å². The molecule has 1 rings (SSSR count). The molecule has 0 aliphatic carbocycles. The lowest BCUT2D eigenvalue weighted by Gasteiger charge is -2.18. The summed E-state index contributed by atoms with van der Waals surface area (Å²) < 4.78 is 30.9. The second kappa shape index (κ2) is 7.05. The van der Waals surface area contributed by atoms with Crippen molar-refractivity contribution in [2.75, 3.05) is 26.4 Å². The fourth-order valence-electron chi connectivity index (χ4n) is 1.55. The maximum atomic E-state index is 12.4. The second-order valence-corrected chi connectivity index (χ2v) is 7.06. The van der Waals surface area contributed by atoms with Crippen molar-refractivity contribution in [2.45, 2.75) is 17.7 Å². The third-order valence-electron chi connectivity index (χ3n) is 2.73. The Morgan fingerprint density at radius 1 is 1.45 bits per heavy atom. The number of esters is 1. The first-order valence-corrected chi connectivity index (χ1v) is 8.10. The number of benzene rings is 1. The molecular formula is C12H17BrN2O4S. The van der Waals surface area contributed by atoms with Crippen molar-refractivity contribution in [3.63, 3.8) is 0 Å². The fourth-order valence-corrected chi connectivity index (χ4v) is 3.72. The maximum Gasteiger partial charge on any atom is 0.305 e. The molecule has 0 heterocycles. The van der Waals surface area contributed by atoms with Gasteiger partial charge in [-0.2, -0.15) is 0 Å². The molecule has 1 aromatic rings. The van der Waals surface area contributed by atoms with Gasteiger partial charge < -0.3 is 10.5 Å². The number of halogens is 1. The van der Waals surface area contributed by atoms with E-state index in [1.54, 1.807) is 12.1 Å². The number of carbonyl (C=O) groups excluding carboxylic acids is 1. The lowest BCUT2D eigenvalue weighted by atomic mass is 10.3. The zero-order valence-corrected chi connectivity index (χ0v) is 13.7. The van der Waals surface area contributed by atoms with Crippen LogP contribution in [0.3, 0.4) is 0 Å². The highest BCUT2D eigenvalue weighted by Gasteiger charge is 2.23. The van der Waals surface area contributed by atoms with Gasteiger partial charge in [0.25, 0.3) is 0 Å². The van der Waals surface area contributed by atoms with Crippen LogP contribution in [0.25, 0.3) is 0 Å². The molecule has 0 aliphatic heterocycles. The van der Waals surface area contributed by atoms with Crippen LogP contribution >= 0.6 is 15.9 Å². The molecule has 0 bridgehead atoms. The summed E-state index contributed by atoms with van der Waals surface area (Å²) >= 11 is 3.20. The summed E-state index contributed by atoms with van der Waals surface area (Å²) in [6, 6.07) is 4.60. The molecule has 0 aliphatic rings. The van der Waals surface area contributed by atoms with Gasteiger partial charge in [-0.3, -0.25) is 4.79 Å². The largest absolute Gasteiger partial charge is 0.469 e. The summed E-state index contributed by atoms with van der Waals surface area (Å²) in [5.74, 6) is -0.360. The molecule has 0 radical (unpaired) electrons. The monoisotopic (exact) mass is 364 g/mol. The standard InChI is InChI=1S/C12H17BrN2O4S/c1-15(7-3-4-12(16)19-2)20(17,18)11-8-9(14)5-6-10(11)13/h5-6,8H,3-4,7,14H2,1-2H3. The summed E-state index contributed by atoms with van der Waals surface area (Å²) in [6.45, 7) is 0.221. The Morgan fingerprint density at radius 2 is 2.10 bits per heavy atom. The minimum Gasteiger partial charge on any atom is -0.469 e. The average molecular weight is 365 g/mol. The highest BCUT2D eigenvalue weighted by molar-refractivity contribution is 9.10. The molecular weight excluding hydrogens is 348 g/mol. The Kier molecular flexibility index (Phi) is 5.97. The van der Waals surface area contributed by atoms with Crippen molar-refractivity contribution in [1.82, 2.24) is 4.31 Å². The van der Waals surface area contributed by atoms with E-state index in [2.05, 4.69) is 20.7 Å². The molecule has 0 amide bonds. The SMILES string of the molecule is COC(=O)CCCN(C)S(=O)(=O)c1cc(N)ccc1Br. The lowest BCUT2D eigenvalue weighted by Crippen LogP contribution is -2.28. The van der Waals surface area contributed by atoms with Crippen LogP contribution in [-0.4, -0.2) is 39.4 Å². The fraction of sp³-hybridized carbons (Fsp3) is 0.417. The van der Waals surface area contributed by atoms with Crippen LogP contribution in [0.5, 0.6) is 0 Å². The van der Waals surface area contributed by atoms with E-state index < -0.39 is 10.0 Å². The molecule has 0 spiro atoms. The maximum absolute atomic E-state index is 12.4. The van der Waals surface area contributed by atoms with Crippen molar-refractivity contribution in [2.24, 2.45) is 0 Å². The molecule has 0 atom stereocenters. The van der Waals surface area contributed by atoms with Gasteiger partial charge in [-0.25, -0.2) is 12.7 Å². The minimum absolute atomic E-state index is 0.109. The van der Waals surface area contributed by atoms with Crippen LogP contribution in [0, 0.1) is 0 Å². The lowest BCUT2D eigenvalue weighted by molar-refractivity contribution is -0.140. The number of carbonyl (C=O) groups is 1. The molecule has 0 aromatic heterocycles. The Hall–Kier alpha value is -1.12. The van der Waals surface area contributed by atoms with Crippen molar-refractivity contribution >= 4 is 37.6 Å². The number of nitrogens with zero attached hydrogens (tertiary/aromatic N) is 1. The van der Waals surface area contributed by atoms with Crippen LogP contribution in [0.15, 0.2) is 27.6 Å². The Morgan fingerprint density at radius 3 is 2.70 bits per heavy atom. The van der Waals surface area contributed by atoms with Gasteiger partial charge in [0.05, 0.1) is 12.0 Å². The number of ether oxygens (including phenoxy) is 1.